The lowest BCUT2D eigenvalue weighted by Gasteiger charge is -1.85. The average Bonchev–Trinajstić information content (AvgIpc) is 1.80. The summed E-state index contributed by atoms with van der Waals surface area (Å²) in [6.07, 6.45) is 1.61. The summed E-state index contributed by atoms with van der Waals surface area (Å²) in [5, 5.41) is 0. The van der Waals surface area contributed by atoms with Crippen LogP contribution < -0.4 is 16.0 Å². The molecule has 1 rings (SSSR count). The van der Waals surface area contributed by atoms with Crippen LogP contribution in [0, 0.1) is 0 Å². The molecule has 0 amide bonds. The van der Waals surface area contributed by atoms with Crippen LogP contribution in [-0.4, -0.2) is 4.98 Å². The van der Waals surface area contributed by atoms with Gasteiger partial charge in [-0.25, -0.2) is 4.57 Å². The Morgan fingerprint density at radius 1 is 1.78 bits per heavy atom. The van der Waals surface area contributed by atoms with Gasteiger partial charge in [-0.3, -0.25) is 0 Å². The van der Waals surface area contributed by atoms with E-state index in [9.17, 15) is 4.79 Å². The molecular weight excluding hydrogens is 118 g/mol. The number of aromatic nitrogens is 2. The molecule has 0 spiro atoms. The number of rotatable bonds is 0. The zero-order valence-corrected chi connectivity index (χ0v) is 5.09. The Balaban J connectivity index is 3.34. The van der Waals surface area contributed by atoms with Crippen LogP contribution in [-0.2, 0) is 7.05 Å². The van der Waals surface area contributed by atoms with Crippen molar-refractivity contribution in [2.75, 3.05) is 5.73 Å². The highest BCUT2D eigenvalue weighted by atomic mass is 16.1. The Morgan fingerprint density at radius 2 is 2.44 bits per heavy atom. The number of hydrogen-bond acceptors (Lipinski definition) is 2. The first-order valence-electron chi connectivity index (χ1n) is 2.54. The number of nitrogens with two attached hydrogens (primary N) is 1. The minimum absolute atomic E-state index is 0.199. The van der Waals surface area contributed by atoms with E-state index in [-0.39, 0.29) is 5.69 Å². The molecule has 0 unspecified atom stereocenters. The van der Waals surface area contributed by atoms with E-state index in [1.54, 1.807) is 19.3 Å². The van der Waals surface area contributed by atoms with Crippen molar-refractivity contribution in [2.45, 2.75) is 0 Å². The smallest absolute Gasteiger partial charge is 0.366 e. The fourth-order valence-electron chi connectivity index (χ4n) is 0.513. The van der Waals surface area contributed by atoms with Gasteiger partial charge in [0.2, 0.25) is 0 Å². The maximum Gasteiger partial charge on any atom is 0.497 e. The lowest BCUT2D eigenvalue weighted by atomic mass is 10.6. The molecule has 0 fully saturated rings. The van der Waals surface area contributed by atoms with Gasteiger partial charge in [0.15, 0.2) is 5.82 Å². The van der Waals surface area contributed by atoms with Crippen molar-refractivity contribution in [3.63, 3.8) is 0 Å². The summed E-state index contributed by atoms with van der Waals surface area (Å²) in [6, 6.07) is 1.63. The summed E-state index contributed by atoms with van der Waals surface area (Å²) in [7, 11) is 1.65. The largest absolute Gasteiger partial charge is 0.497 e. The van der Waals surface area contributed by atoms with Gasteiger partial charge in [-0.05, 0) is 0 Å². The molecule has 1 aromatic rings. The Hall–Kier alpha value is -1.32. The second-order valence-corrected chi connectivity index (χ2v) is 1.81. The third kappa shape index (κ3) is 1.07. The van der Waals surface area contributed by atoms with Crippen LogP contribution in [0.3, 0.4) is 0 Å². The molecule has 0 bridgehead atoms. The van der Waals surface area contributed by atoms with Gasteiger partial charge in [-0.2, -0.15) is 9.78 Å². The van der Waals surface area contributed by atoms with E-state index in [0.717, 1.165) is 0 Å². The summed E-state index contributed by atoms with van der Waals surface area (Å²) in [6.45, 7) is 0. The minimum atomic E-state index is -0.199. The number of nitrogen functional groups attached to an aromatic ring is 1. The fourth-order valence-corrected chi connectivity index (χ4v) is 0.513. The maximum absolute atomic E-state index is 10.7. The molecule has 4 heteroatoms. The Labute approximate surface area is 51.9 Å². The first-order chi connectivity index (χ1) is 4.20. The second-order valence-electron chi connectivity index (χ2n) is 1.81. The molecule has 0 aliphatic rings. The number of anilines is 1. The molecule has 0 aliphatic carbocycles. The Morgan fingerprint density at radius 3 is 2.89 bits per heavy atom. The highest BCUT2D eigenvalue weighted by Crippen LogP contribution is 1.81. The molecule has 1 aromatic heterocycles. The fraction of sp³-hybridized carbons (Fsp3) is 0.200. The Kier molecular flexibility index (Phi) is 1.22. The van der Waals surface area contributed by atoms with E-state index in [2.05, 4.69) is 4.98 Å². The van der Waals surface area contributed by atoms with Crippen LogP contribution in [0.15, 0.2) is 17.1 Å². The van der Waals surface area contributed by atoms with Gasteiger partial charge in [-0.1, -0.05) is 0 Å². The number of aryl methyl sites for hydroxylation is 1. The molecule has 48 valence electrons. The summed E-state index contributed by atoms with van der Waals surface area (Å²) in [5.74, 6) is 0.387. The standard InChI is InChI=1S/C5H7N3O/c1-8-3-2-4(6)7-5(8)9/h2-3H,1H3,(H2,6,7,9)/p+1. The monoisotopic (exact) mass is 126 g/mol. The van der Waals surface area contributed by atoms with Crippen LogP contribution in [0.4, 0.5) is 5.82 Å². The third-order valence-corrected chi connectivity index (χ3v) is 1.05. The van der Waals surface area contributed by atoms with Gasteiger partial charge in [0, 0.05) is 6.07 Å². The third-order valence-electron chi connectivity index (χ3n) is 1.05. The van der Waals surface area contributed by atoms with Gasteiger partial charge < -0.3 is 5.73 Å². The molecule has 1 heterocycles. The predicted molar refractivity (Wildman–Crippen MR) is 32.7 cm³/mol. The van der Waals surface area contributed by atoms with Crippen molar-refractivity contribution < 1.29 is 4.57 Å². The molecule has 0 aliphatic heterocycles. The van der Waals surface area contributed by atoms with Crippen LogP contribution in [0.2, 0.25) is 0 Å². The zero-order valence-electron chi connectivity index (χ0n) is 5.09. The van der Waals surface area contributed by atoms with Crippen molar-refractivity contribution >= 4 is 5.82 Å². The molecule has 3 N–H and O–H groups in total. The lowest BCUT2D eigenvalue weighted by molar-refractivity contribution is -0.689. The summed E-state index contributed by atoms with van der Waals surface area (Å²) < 4.78 is 1.41. The SMILES string of the molecule is C[n+]1ccc(N)[nH]c1=O. The van der Waals surface area contributed by atoms with E-state index >= 15 is 0 Å². The van der Waals surface area contributed by atoms with Gasteiger partial charge in [0.1, 0.15) is 0 Å². The average molecular weight is 126 g/mol. The number of aromatic amines is 1. The topological polar surface area (TPSA) is 62.8 Å². The van der Waals surface area contributed by atoms with Crippen LogP contribution >= 0.6 is 0 Å². The molecule has 0 atom stereocenters. The first-order valence-corrected chi connectivity index (χ1v) is 2.54. The van der Waals surface area contributed by atoms with Gasteiger partial charge in [0.25, 0.3) is 0 Å². The van der Waals surface area contributed by atoms with E-state index in [0.29, 0.717) is 5.82 Å². The van der Waals surface area contributed by atoms with Crippen LogP contribution in [0.1, 0.15) is 0 Å². The Bertz CT molecular complexity index is 265. The molecular formula is C5H8N3O+. The van der Waals surface area contributed by atoms with Crippen molar-refractivity contribution in [1.29, 1.82) is 0 Å². The van der Waals surface area contributed by atoms with Crippen molar-refractivity contribution in [2.24, 2.45) is 7.05 Å². The summed E-state index contributed by atoms with van der Waals surface area (Å²) in [5.41, 5.74) is 5.06. The van der Waals surface area contributed by atoms with Gasteiger partial charge in [0.05, 0.1) is 13.2 Å². The van der Waals surface area contributed by atoms with Crippen molar-refractivity contribution in [1.82, 2.24) is 4.98 Å². The molecule has 0 aromatic carbocycles. The van der Waals surface area contributed by atoms with E-state index < -0.39 is 0 Å². The van der Waals surface area contributed by atoms with E-state index in [4.69, 9.17) is 5.73 Å². The van der Waals surface area contributed by atoms with Gasteiger partial charge in [-0.15, -0.1) is 0 Å². The highest BCUT2D eigenvalue weighted by Gasteiger charge is 1.96. The maximum atomic E-state index is 10.7. The quantitative estimate of drug-likeness (QED) is 0.428. The molecule has 0 saturated heterocycles. The van der Waals surface area contributed by atoms with E-state index in [1.807, 2.05) is 0 Å². The number of nitrogens with one attached hydrogen (secondary N) is 1. The second kappa shape index (κ2) is 1.89. The van der Waals surface area contributed by atoms with Crippen LogP contribution in [0.25, 0.3) is 0 Å². The van der Waals surface area contributed by atoms with E-state index in [1.165, 1.54) is 4.57 Å². The summed E-state index contributed by atoms with van der Waals surface area (Å²) >= 11 is 0. The number of hydrogen-bond donors (Lipinski definition) is 2. The minimum Gasteiger partial charge on any atom is -0.366 e. The predicted octanol–water partition coefficient (Wildman–Crippen LogP) is -1.22. The lowest BCUT2D eigenvalue weighted by Crippen LogP contribution is -2.47. The summed E-state index contributed by atoms with van der Waals surface area (Å²) in [4.78, 5) is 13.1. The number of H-pyrrole nitrogens is 1. The van der Waals surface area contributed by atoms with Crippen LogP contribution in [0.5, 0.6) is 0 Å². The van der Waals surface area contributed by atoms with Crippen molar-refractivity contribution in [3.8, 4) is 0 Å². The van der Waals surface area contributed by atoms with Gasteiger partial charge >= 0.3 is 5.69 Å². The molecule has 4 nitrogen and oxygen atoms in total. The zero-order chi connectivity index (χ0) is 6.85. The first kappa shape index (κ1) is 5.81. The molecule has 0 radical (unpaired) electrons. The number of nitrogens with zero attached hydrogens (tertiary/aromatic N) is 1. The normalized spacial score (nSPS) is 9.44. The molecule has 9 heavy (non-hydrogen) atoms. The highest BCUT2D eigenvalue weighted by molar-refractivity contribution is 5.21. The van der Waals surface area contributed by atoms with Crippen molar-refractivity contribution in [3.05, 3.63) is 22.7 Å². The molecule has 0 saturated carbocycles.